The molecule has 0 bridgehead atoms. The molecule has 0 spiro atoms. The van der Waals surface area contributed by atoms with Gasteiger partial charge in [0.1, 0.15) is 18.3 Å². The van der Waals surface area contributed by atoms with Crippen LogP contribution in [0.1, 0.15) is 13.8 Å². The summed E-state index contributed by atoms with van der Waals surface area (Å²) in [5, 5.41) is 30.6. The van der Waals surface area contributed by atoms with E-state index >= 15 is 0 Å². The number of carbonyl (C=O) groups is 1. The Bertz CT molecular complexity index is 235. The number of aliphatic hydroxyl groups excluding tert-OH is 3. The number of aliphatic hydroxyl groups is 3. The highest BCUT2D eigenvalue weighted by molar-refractivity contribution is 5.73. The molecule has 0 aromatic heterocycles. The first-order chi connectivity index (χ1) is 6.97. The van der Waals surface area contributed by atoms with Crippen LogP contribution in [0.15, 0.2) is 0 Å². The summed E-state index contributed by atoms with van der Waals surface area (Å²) in [7, 11) is 0. The van der Waals surface area contributed by atoms with E-state index in [0.717, 1.165) is 0 Å². The fourth-order valence-corrected chi connectivity index (χ4v) is 1.74. The van der Waals surface area contributed by atoms with E-state index < -0.39 is 30.5 Å². The largest absolute Gasteiger partial charge is 0.394 e. The van der Waals surface area contributed by atoms with Crippen LogP contribution in [0.25, 0.3) is 0 Å². The Morgan fingerprint density at radius 3 is 2.47 bits per heavy atom. The maximum atomic E-state index is 10.9. The van der Waals surface area contributed by atoms with Crippen molar-refractivity contribution in [3.05, 3.63) is 0 Å². The smallest absolute Gasteiger partial charge is 0.217 e. The standard InChI is InChI=1S/C9H17NO5/c1-4-7(10-5(2)12)9(14)8(13)6(3-11)15-4/h4,6-9,11,13-14H,3H2,1-2H3,(H,10,12)/t4?,6?,7?,8?,9-/m1/s1. The average molecular weight is 219 g/mol. The number of hydrogen-bond acceptors (Lipinski definition) is 5. The van der Waals surface area contributed by atoms with Gasteiger partial charge in [-0.05, 0) is 6.92 Å². The minimum Gasteiger partial charge on any atom is -0.394 e. The van der Waals surface area contributed by atoms with E-state index in [1.807, 2.05) is 0 Å². The number of hydrogen-bond donors (Lipinski definition) is 4. The topological polar surface area (TPSA) is 99.0 Å². The van der Waals surface area contributed by atoms with Crippen molar-refractivity contribution in [2.75, 3.05) is 6.61 Å². The molecule has 1 aliphatic heterocycles. The lowest BCUT2D eigenvalue weighted by atomic mass is 9.93. The Labute approximate surface area is 87.9 Å². The fourth-order valence-electron chi connectivity index (χ4n) is 1.74. The van der Waals surface area contributed by atoms with Gasteiger partial charge in [0.15, 0.2) is 0 Å². The van der Waals surface area contributed by atoms with E-state index in [-0.39, 0.29) is 12.5 Å². The van der Waals surface area contributed by atoms with Crippen molar-refractivity contribution in [2.24, 2.45) is 0 Å². The second-order valence-corrected chi connectivity index (χ2v) is 3.77. The molecule has 1 heterocycles. The molecule has 6 nitrogen and oxygen atoms in total. The van der Waals surface area contributed by atoms with Gasteiger partial charge in [0.05, 0.1) is 18.8 Å². The highest BCUT2D eigenvalue weighted by atomic mass is 16.5. The van der Waals surface area contributed by atoms with Gasteiger partial charge >= 0.3 is 0 Å². The molecule has 0 aromatic rings. The predicted octanol–water partition coefficient (Wildman–Crippen LogP) is -2.01. The Kier molecular flexibility index (Phi) is 4.04. The summed E-state index contributed by atoms with van der Waals surface area (Å²) in [5.41, 5.74) is 0. The van der Waals surface area contributed by atoms with E-state index in [0.29, 0.717) is 0 Å². The molecular formula is C9H17NO5. The molecule has 1 fully saturated rings. The summed E-state index contributed by atoms with van der Waals surface area (Å²) >= 11 is 0. The van der Waals surface area contributed by atoms with Gasteiger partial charge < -0.3 is 25.4 Å². The third-order valence-electron chi connectivity index (χ3n) is 2.54. The van der Waals surface area contributed by atoms with Crippen LogP contribution in [0, 0.1) is 0 Å². The van der Waals surface area contributed by atoms with Crippen LogP contribution >= 0.6 is 0 Å². The number of rotatable bonds is 2. The summed E-state index contributed by atoms with van der Waals surface area (Å²) in [6.07, 6.45) is -3.58. The lowest BCUT2D eigenvalue weighted by Crippen LogP contribution is -2.63. The van der Waals surface area contributed by atoms with Crippen LogP contribution in [0.4, 0.5) is 0 Å². The molecule has 5 atom stereocenters. The van der Waals surface area contributed by atoms with Gasteiger partial charge in [-0.1, -0.05) is 0 Å². The molecule has 0 radical (unpaired) electrons. The highest BCUT2D eigenvalue weighted by Gasteiger charge is 2.42. The SMILES string of the molecule is CC(=O)NC1C(C)OC(CO)C(O)[C@@H]1O. The normalized spacial score (nSPS) is 41.3. The van der Waals surface area contributed by atoms with Crippen molar-refractivity contribution in [3.63, 3.8) is 0 Å². The fraction of sp³-hybridized carbons (Fsp3) is 0.889. The zero-order chi connectivity index (χ0) is 11.6. The zero-order valence-corrected chi connectivity index (χ0v) is 8.75. The van der Waals surface area contributed by atoms with E-state index in [2.05, 4.69) is 5.32 Å². The van der Waals surface area contributed by atoms with Crippen molar-refractivity contribution in [1.29, 1.82) is 0 Å². The molecule has 0 aliphatic carbocycles. The Hall–Kier alpha value is -0.690. The van der Waals surface area contributed by atoms with Crippen LogP contribution in [-0.4, -0.2) is 58.3 Å². The van der Waals surface area contributed by atoms with Crippen LogP contribution in [-0.2, 0) is 9.53 Å². The van der Waals surface area contributed by atoms with Crippen molar-refractivity contribution in [2.45, 2.75) is 44.3 Å². The summed E-state index contributed by atoms with van der Waals surface area (Å²) in [4.78, 5) is 10.9. The number of carbonyl (C=O) groups excluding carboxylic acids is 1. The maximum Gasteiger partial charge on any atom is 0.217 e. The molecular weight excluding hydrogens is 202 g/mol. The molecule has 1 saturated heterocycles. The molecule has 1 aliphatic rings. The zero-order valence-electron chi connectivity index (χ0n) is 8.75. The third-order valence-corrected chi connectivity index (χ3v) is 2.54. The second-order valence-electron chi connectivity index (χ2n) is 3.77. The molecule has 0 aromatic carbocycles. The molecule has 6 heteroatoms. The van der Waals surface area contributed by atoms with Gasteiger partial charge in [-0.25, -0.2) is 0 Å². The Balaban J connectivity index is 2.70. The minimum atomic E-state index is -1.19. The molecule has 1 rings (SSSR count). The van der Waals surface area contributed by atoms with Crippen molar-refractivity contribution in [1.82, 2.24) is 5.32 Å². The molecule has 4 unspecified atom stereocenters. The van der Waals surface area contributed by atoms with Crippen molar-refractivity contribution < 1.29 is 24.9 Å². The third kappa shape index (κ3) is 2.66. The molecule has 88 valence electrons. The Morgan fingerprint density at radius 1 is 1.40 bits per heavy atom. The lowest BCUT2D eigenvalue weighted by molar-refractivity contribution is -0.190. The first-order valence-corrected chi connectivity index (χ1v) is 4.87. The second kappa shape index (κ2) is 4.89. The van der Waals surface area contributed by atoms with Gasteiger partial charge in [-0.2, -0.15) is 0 Å². The lowest BCUT2D eigenvalue weighted by Gasteiger charge is -2.41. The summed E-state index contributed by atoms with van der Waals surface area (Å²) < 4.78 is 5.26. The van der Waals surface area contributed by atoms with Gasteiger partial charge in [0.2, 0.25) is 5.91 Å². The number of amides is 1. The van der Waals surface area contributed by atoms with E-state index in [9.17, 15) is 15.0 Å². The number of ether oxygens (including phenoxy) is 1. The summed E-state index contributed by atoms with van der Waals surface area (Å²) in [6.45, 7) is 2.62. The van der Waals surface area contributed by atoms with Crippen molar-refractivity contribution >= 4 is 5.91 Å². The summed E-state index contributed by atoms with van der Waals surface area (Å²) in [6, 6.07) is -0.653. The van der Waals surface area contributed by atoms with Gasteiger partial charge in [-0.3, -0.25) is 4.79 Å². The maximum absolute atomic E-state index is 10.9. The van der Waals surface area contributed by atoms with Crippen LogP contribution in [0.5, 0.6) is 0 Å². The monoisotopic (exact) mass is 219 g/mol. The van der Waals surface area contributed by atoms with Crippen LogP contribution < -0.4 is 5.32 Å². The van der Waals surface area contributed by atoms with Crippen molar-refractivity contribution in [3.8, 4) is 0 Å². The van der Waals surface area contributed by atoms with E-state index in [1.165, 1.54) is 6.92 Å². The van der Waals surface area contributed by atoms with E-state index in [1.54, 1.807) is 6.92 Å². The van der Waals surface area contributed by atoms with Gasteiger partial charge in [0, 0.05) is 6.92 Å². The molecule has 15 heavy (non-hydrogen) atoms. The Morgan fingerprint density at radius 2 is 2.00 bits per heavy atom. The molecule has 0 saturated carbocycles. The van der Waals surface area contributed by atoms with Crippen LogP contribution in [0.2, 0.25) is 0 Å². The summed E-state index contributed by atoms with van der Waals surface area (Å²) in [5.74, 6) is -0.302. The predicted molar refractivity (Wildman–Crippen MR) is 51.0 cm³/mol. The van der Waals surface area contributed by atoms with Gasteiger partial charge in [-0.15, -0.1) is 0 Å². The molecule has 1 amide bonds. The quantitative estimate of drug-likeness (QED) is 0.430. The average Bonchev–Trinajstić information content (AvgIpc) is 2.18. The number of nitrogens with one attached hydrogen (secondary N) is 1. The first kappa shape index (κ1) is 12.4. The highest BCUT2D eigenvalue weighted by Crippen LogP contribution is 2.20. The first-order valence-electron chi connectivity index (χ1n) is 4.87. The van der Waals surface area contributed by atoms with Gasteiger partial charge in [0.25, 0.3) is 0 Å². The minimum absolute atomic E-state index is 0.302. The molecule has 4 N–H and O–H groups in total. The van der Waals surface area contributed by atoms with Crippen LogP contribution in [0.3, 0.4) is 0 Å². The van der Waals surface area contributed by atoms with E-state index in [4.69, 9.17) is 9.84 Å².